The van der Waals surface area contributed by atoms with Gasteiger partial charge in [0.1, 0.15) is 6.04 Å². The fourth-order valence-corrected chi connectivity index (χ4v) is 2.65. The Kier molecular flexibility index (Phi) is 3.39. The van der Waals surface area contributed by atoms with Crippen molar-refractivity contribution in [3.63, 3.8) is 0 Å². The van der Waals surface area contributed by atoms with Gasteiger partial charge in [-0.15, -0.1) is 0 Å². The molecule has 2 aromatic rings. The van der Waals surface area contributed by atoms with Crippen LogP contribution in [0.5, 0.6) is 0 Å². The van der Waals surface area contributed by atoms with Crippen LogP contribution in [0.4, 0.5) is 0 Å². The second-order valence-electron chi connectivity index (χ2n) is 5.07. The molecule has 5 nitrogen and oxygen atoms in total. The molecule has 0 radical (unpaired) electrons. The Bertz CT molecular complexity index is 685. The highest BCUT2D eigenvalue weighted by Crippen LogP contribution is 2.24. The lowest BCUT2D eigenvalue weighted by Gasteiger charge is -2.35. The molecule has 0 saturated heterocycles. The Morgan fingerprint density at radius 2 is 1.90 bits per heavy atom. The van der Waals surface area contributed by atoms with Crippen LogP contribution in [0.3, 0.4) is 0 Å². The van der Waals surface area contributed by atoms with Crippen LogP contribution in [0.1, 0.15) is 21.5 Å². The lowest BCUT2D eigenvalue weighted by Crippen LogP contribution is -2.51. The molecule has 1 aliphatic heterocycles. The van der Waals surface area contributed by atoms with Gasteiger partial charge in [0.05, 0.1) is 5.56 Å². The molecule has 0 spiro atoms. The zero-order valence-corrected chi connectivity index (χ0v) is 11.4. The molecule has 1 aromatic carbocycles. The van der Waals surface area contributed by atoms with E-state index in [1.807, 2.05) is 24.3 Å². The third-order valence-corrected chi connectivity index (χ3v) is 3.75. The van der Waals surface area contributed by atoms with Gasteiger partial charge in [0.2, 0.25) is 5.91 Å². The summed E-state index contributed by atoms with van der Waals surface area (Å²) < 4.78 is 0. The van der Waals surface area contributed by atoms with Crippen molar-refractivity contribution in [3.8, 4) is 0 Å². The van der Waals surface area contributed by atoms with E-state index < -0.39 is 11.9 Å². The van der Waals surface area contributed by atoms with E-state index in [0.29, 0.717) is 18.5 Å². The van der Waals surface area contributed by atoms with Crippen LogP contribution in [0.15, 0.2) is 48.8 Å². The molecule has 106 valence electrons. The van der Waals surface area contributed by atoms with Crippen LogP contribution in [0.25, 0.3) is 0 Å². The van der Waals surface area contributed by atoms with Crippen LogP contribution in [-0.4, -0.2) is 27.7 Å². The average molecular weight is 281 g/mol. The number of pyridine rings is 1. The maximum atomic E-state index is 12.6. The van der Waals surface area contributed by atoms with E-state index in [4.69, 9.17) is 5.73 Å². The molecule has 5 heteroatoms. The zero-order chi connectivity index (χ0) is 14.8. The SMILES string of the molecule is NC(=O)[C@@H]1Cc2ccccc2CN1C(=O)c1cccnc1. The topological polar surface area (TPSA) is 76.3 Å². The van der Waals surface area contributed by atoms with E-state index >= 15 is 0 Å². The number of hydrogen-bond acceptors (Lipinski definition) is 3. The Morgan fingerprint density at radius 3 is 2.57 bits per heavy atom. The molecule has 1 aromatic heterocycles. The number of carbonyl (C=O) groups excluding carboxylic acids is 2. The largest absolute Gasteiger partial charge is 0.368 e. The number of primary amides is 1. The number of amides is 2. The third-order valence-electron chi connectivity index (χ3n) is 3.75. The summed E-state index contributed by atoms with van der Waals surface area (Å²) in [6, 6.07) is 10.6. The fourth-order valence-electron chi connectivity index (χ4n) is 2.65. The van der Waals surface area contributed by atoms with Gasteiger partial charge in [-0.3, -0.25) is 14.6 Å². The lowest BCUT2D eigenvalue weighted by atomic mass is 9.93. The van der Waals surface area contributed by atoms with Gasteiger partial charge in [0, 0.05) is 25.4 Å². The van der Waals surface area contributed by atoms with Crippen molar-refractivity contribution in [2.24, 2.45) is 5.73 Å². The second kappa shape index (κ2) is 5.36. The Labute approximate surface area is 122 Å². The predicted octanol–water partition coefficient (Wildman–Crippen LogP) is 1.13. The van der Waals surface area contributed by atoms with Crippen LogP contribution in [0.2, 0.25) is 0 Å². The zero-order valence-electron chi connectivity index (χ0n) is 11.4. The number of nitrogens with two attached hydrogens (primary N) is 1. The van der Waals surface area contributed by atoms with E-state index in [1.165, 1.54) is 11.1 Å². The van der Waals surface area contributed by atoms with Gasteiger partial charge in [-0.25, -0.2) is 0 Å². The minimum absolute atomic E-state index is 0.221. The minimum atomic E-state index is -0.618. The van der Waals surface area contributed by atoms with Crippen molar-refractivity contribution >= 4 is 11.8 Å². The molecule has 0 aliphatic carbocycles. The molecular weight excluding hydrogens is 266 g/mol. The first-order valence-corrected chi connectivity index (χ1v) is 6.74. The predicted molar refractivity (Wildman–Crippen MR) is 77.2 cm³/mol. The lowest BCUT2D eigenvalue weighted by molar-refractivity contribution is -0.122. The molecule has 1 atom stereocenters. The molecule has 0 unspecified atom stereocenters. The van der Waals surface area contributed by atoms with Gasteiger partial charge in [0.25, 0.3) is 5.91 Å². The number of fused-ring (bicyclic) bond motifs is 1. The summed E-state index contributed by atoms with van der Waals surface area (Å²) in [4.78, 5) is 29.8. The van der Waals surface area contributed by atoms with Crippen molar-refractivity contribution in [1.29, 1.82) is 0 Å². The number of rotatable bonds is 2. The molecule has 0 bridgehead atoms. The van der Waals surface area contributed by atoms with E-state index in [-0.39, 0.29) is 5.91 Å². The van der Waals surface area contributed by atoms with Crippen LogP contribution in [-0.2, 0) is 17.8 Å². The second-order valence-corrected chi connectivity index (χ2v) is 5.07. The molecule has 2 amide bonds. The minimum Gasteiger partial charge on any atom is -0.368 e. The number of carbonyl (C=O) groups is 2. The molecule has 3 rings (SSSR count). The molecule has 2 heterocycles. The van der Waals surface area contributed by atoms with Gasteiger partial charge in [0.15, 0.2) is 0 Å². The van der Waals surface area contributed by atoms with Gasteiger partial charge >= 0.3 is 0 Å². The van der Waals surface area contributed by atoms with E-state index in [2.05, 4.69) is 4.98 Å². The number of benzene rings is 1. The van der Waals surface area contributed by atoms with E-state index in [0.717, 1.165) is 11.1 Å². The first-order chi connectivity index (χ1) is 10.2. The average Bonchev–Trinajstić information content (AvgIpc) is 2.53. The van der Waals surface area contributed by atoms with Crippen molar-refractivity contribution in [2.75, 3.05) is 0 Å². The summed E-state index contributed by atoms with van der Waals surface area (Å²) in [5, 5.41) is 0. The third kappa shape index (κ3) is 2.50. The van der Waals surface area contributed by atoms with Crippen LogP contribution < -0.4 is 5.73 Å². The monoisotopic (exact) mass is 281 g/mol. The molecule has 1 aliphatic rings. The Hall–Kier alpha value is -2.69. The molecule has 2 N–H and O–H groups in total. The van der Waals surface area contributed by atoms with Crippen LogP contribution in [0, 0.1) is 0 Å². The highest BCUT2D eigenvalue weighted by atomic mass is 16.2. The van der Waals surface area contributed by atoms with E-state index in [9.17, 15) is 9.59 Å². The molecule has 21 heavy (non-hydrogen) atoms. The number of hydrogen-bond donors (Lipinski definition) is 1. The Morgan fingerprint density at radius 1 is 1.14 bits per heavy atom. The quantitative estimate of drug-likeness (QED) is 0.896. The fraction of sp³-hybridized carbons (Fsp3) is 0.188. The van der Waals surface area contributed by atoms with Crippen molar-refractivity contribution < 1.29 is 9.59 Å². The van der Waals surface area contributed by atoms with E-state index in [1.54, 1.807) is 18.3 Å². The number of nitrogens with zero attached hydrogens (tertiary/aromatic N) is 2. The summed E-state index contributed by atoms with van der Waals surface area (Å²) in [5.74, 6) is -0.705. The highest BCUT2D eigenvalue weighted by molar-refractivity contribution is 5.97. The van der Waals surface area contributed by atoms with Gasteiger partial charge in [-0.2, -0.15) is 0 Å². The summed E-state index contributed by atoms with van der Waals surface area (Å²) >= 11 is 0. The molecule has 0 saturated carbocycles. The van der Waals surface area contributed by atoms with Crippen molar-refractivity contribution in [3.05, 3.63) is 65.5 Å². The highest BCUT2D eigenvalue weighted by Gasteiger charge is 2.33. The maximum Gasteiger partial charge on any atom is 0.256 e. The Balaban J connectivity index is 1.96. The van der Waals surface area contributed by atoms with Crippen LogP contribution >= 0.6 is 0 Å². The van der Waals surface area contributed by atoms with Gasteiger partial charge in [-0.05, 0) is 23.3 Å². The van der Waals surface area contributed by atoms with Gasteiger partial charge < -0.3 is 10.6 Å². The first-order valence-electron chi connectivity index (χ1n) is 6.74. The van der Waals surface area contributed by atoms with Crippen molar-refractivity contribution in [2.45, 2.75) is 19.0 Å². The molecule has 0 fully saturated rings. The standard InChI is InChI=1S/C16H15N3O2/c17-15(20)14-8-11-4-1-2-5-13(11)10-19(14)16(21)12-6-3-7-18-9-12/h1-7,9,14H,8,10H2,(H2,17,20)/t14-/m0/s1. The number of aromatic nitrogens is 1. The summed E-state index contributed by atoms with van der Waals surface area (Å²) in [7, 11) is 0. The normalized spacial score (nSPS) is 17.1. The van der Waals surface area contributed by atoms with Crippen molar-refractivity contribution in [1.82, 2.24) is 9.88 Å². The maximum absolute atomic E-state index is 12.6. The summed E-state index contributed by atoms with van der Waals surface area (Å²) in [6.45, 7) is 0.386. The van der Waals surface area contributed by atoms with Gasteiger partial charge in [-0.1, -0.05) is 24.3 Å². The summed E-state index contributed by atoms with van der Waals surface area (Å²) in [6.07, 6.45) is 3.56. The summed E-state index contributed by atoms with van der Waals surface area (Å²) in [5.41, 5.74) is 8.06. The first kappa shape index (κ1) is 13.3. The molecular formula is C16H15N3O2. The smallest absolute Gasteiger partial charge is 0.256 e.